The van der Waals surface area contributed by atoms with Gasteiger partial charge in [-0.1, -0.05) is 25.1 Å². The van der Waals surface area contributed by atoms with Gasteiger partial charge in [0.25, 0.3) is 0 Å². The van der Waals surface area contributed by atoms with Crippen LogP contribution in [0, 0.1) is 23.2 Å². The van der Waals surface area contributed by atoms with Crippen LogP contribution >= 0.6 is 0 Å². The van der Waals surface area contributed by atoms with Crippen LogP contribution in [-0.4, -0.2) is 13.1 Å². The monoisotopic (exact) mass is 214 g/mol. The molecule has 1 aliphatic rings. The maximum atomic E-state index is 8.90. The second-order valence-corrected chi connectivity index (χ2v) is 4.87. The van der Waals surface area contributed by atoms with Gasteiger partial charge in [0, 0.05) is 18.8 Å². The van der Waals surface area contributed by atoms with Gasteiger partial charge in [0.15, 0.2) is 0 Å². The highest BCUT2D eigenvalue weighted by Gasteiger charge is 2.22. The van der Waals surface area contributed by atoms with E-state index < -0.39 is 0 Å². The van der Waals surface area contributed by atoms with Crippen molar-refractivity contribution in [3.8, 4) is 6.07 Å². The largest absolute Gasteiger partial charge is 0.370 e. The zero-order valence-electron chi connectivity index (χ0n) is 9.98. The molecule has 2 nitrogen and oxygen atoms in total. The first kappa shape index (κ1) is 11.0. The molecule has 0 saturated heterocycles. The first-order chi connectivity index (χ1) is 7.70. The molecule has 0 fully saturated rings. The molecule has 0 amide bonds. The number of hydrogen-bond donors (Lipinski definition) is 0. The summed E-state index contributed by atoms with van der Waals surface area (Å²) in [5.74, 6) is 0.777. The van der Waals surface area contributed by atoms with E-state index in [1.807, 2.05) is 6.92 Å². The molecule has 1 aliphatic heterocycles. The van der Waals surface area contributed by atoms with E-state index in [1.165, 1.54) is 11.3 Å². The highest BCUT2D eigenvalue weighted by Crippen LogP contribution is 2.29. The molecule has 0 saturated carbocycles. The normalized spacial score (nSPS) is 21.1. The molecule has 0 spiro atoms. The smallest absolute Gasteiger partial charge is 0.0671 e. The minimum atomic E-state index is 0.0957. The second-order valence-electron chi connectivity index (χ2n) is 4.87. The molecule has 0 aromatic heterocycles. The van der Waals surface area contributed by atoms with E-state index in [2.05, 4.69) is 42.2 Å². The van der Waals surface area contributed by atoms with Gasteiger partial charge in [-0.3, -0.25) is 0 Å². The average Bonchev–Trinajstić information content (AvgIpc) is 2.28. The summed E-state index contributed by atoms with van der Waals surface area (Å²) in [6, 6.07) is 10.9. The number of rotatable bonds is 2. The Labute approximate surface area is 97.5 Å². The van der Waals surface area contributed by atoms with Crippen LogP contribution in [-0.2, 0) is 6.42 Å². The average molecular weight is 214 g/mol. The zero-order valence-corrected chi connectivity index (χ0v) is 9.98. The molecular formula is C14H18N2. The fourth-order valence-corrected chi connectivity index (χ4v) is 2.45. The lowest BCUT2D eigenvalue weighted by Crippen LogP contribution is -2.37. The molecule has 2 rings (SSSR count). The Balaban J connectivity index is 2.24. The van der Waals surface area contributed by atoms with Crippen LogP contribution in [0.1, 0.15) is 19.4 Å². The van der Waals surface area contributed by atoms with Crippen LogP contribution in [0.5, 0.6) is 0 Å². The van der Waals surface area contributed by atoms with E-state index in [0.29, 0.717) is 5.92 Å². The Morgan fingerprint density at radius 3 is 3.00 bits per heavy atom. The molecule has 0 bridgehead atoms. The van der Waals surface area contributed by atoms with Crippen molar-refractivity contribution in [2.75, 3.05) is 18.0 Å². The number of hydrogen-bond acceptors (Lipinski definition) is 2. The van der Waals surface area contributed by atoms with Crippen LogP contribution in [0.2, 0.25) is 0 Å². The number of para-hydroxylation sites is 1. The van der Waals surface area contributed by atoms with Gasteiger partial charge in [-0.15, -0.1) is 0 Å². The summed E-state index contributed by atoms with van der Waals surface area (Å²) in [6.45, 7) is 6.18. The zero-order chi connectivity index (χ0) is 11.5. The predicted molar refractivity (Wildman–Crippen MR) is 66.3 cm³/mol. The topological polar surface area (TPSA) is 27.0 Å². The third kappa shape index (κ3) is 2.19. The highest BCUT2D eigenvalue weighted by atomic mass is 15.1. The fourth-order valence-electron chi connectivity index (χ4n) is 2.45. The van der Waals surface area contributed by atoms with Crippen LogP contribution in [0.25, 0.3) is 0 Å². The van der Waals surface area contributed by atoms with E-state index in [1.54, 1.807) is 0 Å². The van der Waals surface area contributed by atoms with Crippen LogP contribution in [0.3, 0.4) is 0 Å². The van der Waals surface area contributed by atoms with Gasteiger partial charge in [-0.2, -0.15) is 5.26 Å². The lowest BCUT2D eigenvalue weighted by Gasteiger charge is -2.35. The summed E-state index contributed by atoms with van der Waals surface area (Å²) in [5, 5.41) is 8.90. The van der Waals surface area contributed by atoms with Gasteiger partial charge in [-0.05, 0) is 30.9 Å². The van der Waals surface area contributed by atoms with Gasteiger partial charge in [0.2, 0.25) is 0 Å². The molecule has 0 aliphatic carbocycles. The molecule has 0 N–H and O–H groups in total. The Bertz CT molecular complexity index is 405. The second kappa shape index (κ2) is 4.57. The fraction of sp³-hybridized carbons (Fsp3) is 0.500. The van der Waals surface area contributed by atoms with Crippen molar-refractivity contribution in [3.05, 3.63) is 29.8 Å². The Kier molecular flexibility index (Phi) is 3.14. The summed E-state index contributed by atoms with van der Waals surface area (Å²) in [4.78, 5) is 2.36. The van der Waals surface area contributed by atoms with E-state index in [0.717, 1.165) is 19.5 Å². The summed E-state index contributed by atoms with van der Waals surface area (Å²) < 4.78 is 0. The Morgan fingerprint density at radius 1 is 1.50 bits per heavy atom. The quantitative estimate of drug-likeness (QED) is 0.757. The van der Waals surface area contributed by atoms with Gasteiger partial charge in [0.1, 0.15) is 0 Å². The summed E-state index contributed by atoms with van der Waals surface area (Å²) >= 11 is 0. The first-order valence-corrected chi connectivity index (χ1v) is 5.93. The SMILES string of the molecule is CC(C#N)CN1CC(C)Cc2ccccc21. The van der Waals surface area contributed by atoms with Gasteiger partial charge in [-0.25, -0.2) is 0 Å². The molecular weight excluding hydrogens is 196 g/mol. The molecule has 1 aromatic rings. The van der Waals surface area contributed by atoms with Crippen molar-refractivity contribution in [1.29, 1.82) is 5.26 Å². The Hall–Kier alpha value is -1.49. The Morgan fingerprint density at radius 2 is 2.25 bits per heavy atom. The lowest BCUT2D eigenvalue weighted by molar-refractivity contribution is 0.515. The van der Waals surface area contributed by atoms with Crippen molar-refractivity contribution >= 4 is 5.69 Å². The standard InChI is InChI=1S/C14H18N2/c1-11-7-13-5-3-4-6-14(13)16(9-11)10-12(2)8-15/h3-6,11-12H,7,9-10H2,1-2H3. The number of nitrogens with zero attached hydrogens (tertiary/aromatic N) is 2. The van der Waals surface area contributed by atoms with Gasteiger partial charge in [0.05, 0.1) is 12.0 Å². The first-order valence-electron chi connectivity index (χ1n) is 5.93. The molecule has 16 heavy (non-hydrogen) atoms. The van der Waals surface area contributed by atoms with E-state index in [9.17, 15) is 0 Å². The summed E-state index contributed by atoms with van der Waals surface area (Å²) in [5.41, 5.74) is 2.74. The third-order valence-electron chi connectivity index (χ3n) is 3.15. The summed E-state index contributed by atoms with van der Waals surface area (Å²) in [6.07, 6.45) is 1.16. The van der Waals surface area contributed by atoms with Crippen molar-refractivity contribution in [3.63, 3.8) is 0 Å². The van der Waals surface area contributed by atoms with Crippen molar-refractivity contribution in [2.45, 2.75) is 20.3 Å². The molecule has 2 heteroatoms. The van der Waals surface area contributed by atoms with Crippen LogP contribution in [0.15, 0.2) is 24.3 Å². The third-order valence-corrected chi connectivity index (χ3v) is 3.15. The minimum Gasteiger partial charge on any atom is -0.370 e. The van der Waals surface area contributed by atoms with Crippen LogP contribution < -0.4 is 4.90 Å². The van der Waals surface area contributed by atoms with E-state index >= 15 is 0 Å². The molecule has 84 valence electrons. The van der Waals surface area contributed by atoms with Crippen LogP contribution in [0.4, 0.5) is 5.69 Å². The lowest BCUT2D eigenvalue weighted by atomic mass is 9.93. The number of fused-ring (bicyclic) bond motifs is 1. The number of nitriles is 1. The maximum Gasteiger partial charge on any atom is 0.0671 e. The van der Waals surface area contributed by atoms with Crippen molar-refractivity contribution in [1.82, 2.24) is 0 Å². The molecule has 1 aromatic carbocycles. The highest BCUT2D eigenvalue weighted by molar-refractivity contribution is 5.55. The summed E-state index contributed by atoms with van der Waals surface area (Å²) in [7, 11) is 0. The number of anilines is 1. The minimum absolute atomic E-state index is 0.0957. The molecule has 2 atom stereocenters. The number of benzene rings is 1. The van der Waals surface area contributed by atoms with Gasteiger partial charge < -0.3 is 4.90 Å². The molecule has 2 unspecified atom stereocenters. The van der Waals surface area contributed by atoms with Gasteiger partial charge >= 0.3 is 0 Å². The molecule has 0 radical (unpaired) electrons. The maximum absolute atomic E-state index is 8.90. The van der Waals surface area contributed by atoms with E-state index in [4.69, 9.17) is 5.26 Å². The predicted octanol–water partition coefficient (Wildman–Crippen LogP) is 2.84. The van der Waals surface area contributed by atoms with E-state index in [-0.39, 0.29) is 5.92 Å². The van der Waals surface area contributed by atoms with Crippen molar-refractivity contribution in [2.24, 2.45) is 11.8 Å². The van der Waals surface area contributed by atoms with Crippen molar-refractivity contribution < 1.29 is 0 Å². The molecule has 1 heterocycles.